The summed E-state index contributed by atoms with van der Waals surface area (Å²) < 4.78 is 8.58. The van der Waals surface area contributed by atoms with Crippen LogP contribution in [0.4, 0.5) is 0 Å². The van der Waals surface area contributed by atoms with Gasteiger partial charge in [0.1, 0.15) is 24.9 Å². The number of rotatable bonds is 7. The van der Waals surface area contributed by atoms with Crippen LogP contribution in [0, 0.1) is 0 Å². The summed E-state index contributed by atoms with van der Waals surface area (Å²) in [5.74, 6) is 0. The van der Waals surface area contributed by atoms with E-state index in [4.69, 9.17) is 5.11 Å². The first-order valence-corrected chi connectivity index (χ1v) is 3.64. The molecule has 0 rings (SSSR count). The maximum atomic E-state index is 9.85. The van der Waals surface area contributed by atoms with Gasteiger partial charge in [-0.15, -0.1) is 0 Å². The summed E-state index contributed by atoms with van der Waals surface area (Å²) in [7, 11) is 0. The topological polar surface area (TPSA) is 93.1 Å². The van der Waals surface area contributed by atoms with Crippen molar-refractivity contribution in [3.63, 3.8) is 0 Å². The summed E-state index contributed by atoms with van der Waals surface area (Å²) in [5.41, 5.74) is 0. The predicted molar refractivity (Wildman–Crippen MR) is 40.6 cm³/mol. The second kappa shape index (κ2) is 6.38. The van der Waals surface area contributed by atoms with E-state index in [0.717, 1.165) is 0 Å². The predicted octanol–water partition coefficient (Wildman–Crippen LogP) is -1.56. The second-order valence-electron chi connectivity index (χ2n) is 2.42. The molecule has 3 unspecified atom stereocenters. The molecule has 0 aromatic carbocycles. The first kappa shape index (κ1) is 11.9. The SMILES string of the molecule is CC(OC=O)C(O)C(O)COC=O. The Hall–Kier alpha value is -1.14. The van der Waals surface area contributed by atoms with Crippen molar-refractivity contribution >= 4 is 12.9 Å². The lowest BCUT2D eigenvalue weighted by Gasteiger charge is -2.21. The van der Waals surface area contributed by atoms with Crippen molar-refractivity contribution in [3.8, 4) is 0 Å². The molecule has 0 aliphatic rings. The highest BCUT2D eigenvalue weighted by molar-refractivity contribution is 5.37. The molecule has 0 bridgehead atoms. The molecule has 0 spiro atoms. The maximum absolute atomic E-state index is 9.85. The Morgan fingerprint density at radius 1 is 1.31 bits per heavy atom. The van der Waals surface area contributed by atoms with Gasteiger partial charge in [0.15, 0.2) is 0 Å². The summed E-state index contributed by atoms with van der Waals surface area (Å²) in [6.45, 7) is 1.39. The quantitative estimate of drug-likeness (QED) is 0.474. The van der Waals surface area contributed by atoms with E-state index in [-0.39, 0.29) is 19.6 Å². The van der Waals surface area contributed by atoms with E-state index in [0.29, 0.717) is 0 Å². The van der Waals surface area contributed by atoms with Gasteiger partial charge in [-0.3, -0.25) is 9.59 Å². The Labute approximate surface area is 75.1 Å². The largest absolute Gasteiger partial charge is 0.465 e. The molecular weight excluding hydrogens is 180 g/mol. The summed E-state index contributed by atoms with van der Waals surface area (Å²) in [6, 6.07) is 0. The minimum atomic E-state index is -1.27. The van der Waals surface area contributed by atoms with Crippen LogP contribution in [-0.4, -0.2) is 48.1 Å². The van der Waals surface area contributed by atoms with Gasteiger partial charge in [-0.05, 0) is 6.92 Å². The van der Waals surface area contributed by atoms with Gasteiger partial charge >= 0.3 is 0 Å². The van der Waals surface area contributed by atoms with Crippen molar-refractivity contribution in [2.24, 2.45) is 0 Å². The smallest absolute Gasteiger partial charge is 0.293 e. The van der Waals surface area contributed by atoms with Gasteiger partial charge in [0, 0.05) is 0 Å². The number of hydrogen-bond acceptors (Lipinski definition) is 6. The number of aliphatic hydroxyl groups excluding tert-OH is 2. The highest BCUT2D eigenvalue weighted by atomic mass is 16.5. The summed E-state index contributed by atoms with van der Waals surface area (Å²) in [5, 5.41) is 18.3. The van der Waals surface area contributed by atoms with Crippen LogP contribution in [0.2, 0.25) is 0 Å². The van der Waals surface area contributed by atoms with Crippen molar-refractivity contribution < 1.29 is 29.3 Å². The fourth-order valence-corrected chi connectivity index (χ4v) is 0.717. The van der Waals surface area contributed by atoms with E-state index in [2.05, 4.69) is 9.47 Å². The minimum absolute atomic E-state index is 0.154. The molecule has 6 heteroatoms. The molecule has 0 radical (unpaired) electrons. The van der Waals surface area contributed by atoms with Crippen LogP contribution in [0.15, 0.2) is 0 Å². The Kier molecular flexibility index (Phi) is 5.82. The van der Waals surface area contributed by atoms with E-state index >= 15 is 0 Å². The average molecular weight is 192 g/mol. The summed E-state index contributed by atoms with van der Waals surface area (Å²) in [6.07, 6.45) is -3.38. The zero-order valence-corrected chi connectivity index (χ0v) is 7.12. The standard InChI is InChI=1S/C7H12O6/c1-5(13-4-9)7(11)6(10)2-12-3-8/h3-7,10-11H,2H2,1H3. The number of carbonyl (C=O) groups excluding carboxylic acids is 2. The van der Waals surface area contributed by atoms with Crippen LogP contribution in [0.3, 0.4) is 0 Å². The highest BCUT2D eigenvalue weighted by Crippen LogP contribution is 2.03. The minimum Gasteiger partial charge on any atom is -0.465 e. The fraction of sp³-hybridized carbons (Fsp3) is 0.714. The van der Waals surface area contributed by atoms with Gasteiger partial charge in [0.25, 0.3) is 12.9 Å². The highest BCUT2D eigenvalue weighted by Gasteiger charge is 2.24. The van der Waals surface area contributed by atoms with Gasteiger partial charge in [-0.1, -0.05) is 0 Å². The normalized spacial score (nSPS) is 16.8. The number of ether oxygens (including phenoxy) is 2. The van der Waals surface area contributed by atoms with E-state index in [1.54, 1.807) is 0 Å². The van der Waals surface area contributed by atoms with Crippen molar-refractivity contribution in [2.45, 2.75) is 25.2 Å². The second-order valence-corrected chi connectivity index (χ2v) is 2.42. The molecule has 0 aliphatic carbocycles. The summed E-state index contributed by atoms with van der Waals surface area (Å²) >= 11 is 0. The molecule has 0 aromatic rings. The van der Waals surface area contributed by atoms with Gasteiger partial charge in [0.05, 0.1) is 0 Å². The Morgan fingerprint density at radius 3 is 2.38 bits per heavy atom. The first-order valence-electron chi connectivity index (χ1n) is 3.64. The molecule has 0 aromatic heterocycles. The molecule has 0 saturated carbocycles. The molecule has 76 valence electrons. The van der Waals surface area contributed by atoms with E-state index in [1.165, 1.54) is 6.92 Å². The van der Waals surface area contributed by atoms with Crippen LogP contribution in [-0.2, 0) is 19.1 Å². The molecule has 0 amide bonds. The van der Waals surface area contributed by atoms with Crippen LogP contribution >= 0.6 is 0 Å². The molecule has 6 nitrogen and oxygen atoms in total. The van der Waals surface area contributed by atoms with Gasteiger partial charge in [-0.25, -0.2) is 0 Å². The van der Waals surface area contributed by atoms with E-state index in [9.17, 15) is 14.7 Å². The van der Waals surface area contributed by atoms with Crippen LogP contribution in [0.5, 0.6) is 0 Å². The number of aliphatic hydroxyl groups is 2. The monoisotopic (exact) mass is 192 g/mol. The maximum Gasteiger partial charge on any atom is 0.293 e. The molecular formula is C7H12O6. The third kappa shape index (κ3) is 4.44. The molecule has 0 heterocycles. The molecule has 0 fully saturated rings. The van der Waals surface area contributed by atoms with Crippen molar-refractivity contribution in [3.05, 3.63) is 0 Å². The van der Waals surface area contributed by atoms with Crippen LogP contribution in [0.1, 0.15) is 6.92 Å². The Morgan fingerprint density at radius 2 is 1.92 bits per heavy atom. The average Bonchev–Trinajstić information content (AvgIpc) is 2.13. The number of carbonyl (C=O) groups is 2. The molecule has 2 N–H and O–H groups in total. The lowest BCUT2D eigenvalue weighted by atomic mass is 10.1. The molecule has 3 atom stereocenters. The number of hydrogen-bond donors (Lipinski definition) is 2. The van der Waals surface area contributed by atoms with Crippen LogP contribution in [0.25, 0.3) is 0 Å². The van der Waals surface area contributed by atoms with Crippen LogP contribution < -0.4 is 0 Å². The van der Waals surface area contributed by atoms with Gasteiger partial charge in [0.2, 0.25) is 0 Å². The third-order valence-electron chi connectivity index (χ3n) is 1.48. The zero-order chi connectivity index (χ0) is 10.3. The van der Waals surface area contributed by atoms with E-state index in [1.807, 2.05) is 0 Å². The van der Waals surface area contributed by atoms with E-state index < -0.39 is 18.3 Å². The molecule has 0 saturated heterocycles. The molecule has 0 aliphatic heterocycles. The van der Waals surface area contributed by atoms with Crippen molar-refractivity contribution in [1.82, 2.24) is 0 Å². The fourth-order valence-electron chi connectivity index (χ4n) is 0.717. The van der Waals surface area contributed by atoms with Crippen molar-refractivity contribution in [1.29, 1.82) is 0 Å². The molecule has 13 heavy (non-hydrogen) atoms. The lowest BCUT2D eigenvalue weighted by Crippen LogP contribution is -2.39. The van der Waals surface area contributed by atoms with Gasteiger partial charge in [-0.2, -0.15) is 0 Å². The Balaban J connectivity index is 3.84. The lowest BCUT2D eigenvalue weighted by molar-refractivity contribution is -0.149. The third-order valence-corrected chi connectivity index (χ3v) is 1.48. The Bertz CT molecular complexity index is 159. The zero-order valence-electron chi connectivity index (χ0n) is 7.12. The summed E-state index contributed by atoms with van der Waals surface area (Å²) in [4.78, 5) is 19.6. The van der Waals surface area contributed by atoms with Gasteiger partial charge < -0.3 is 19.7 Å². The van der Waals surface area contributed by atoms with Crippen molar-refractivity contribution in [2.75, 3.05) is 6.61 Å². The first-order chi connectivity index (χ1) is 6.13.